The Morgan fingerprint density at radius 3 is 2.20 bits per heavy atom. The van der Waals surface area contributed by atoms with E-state index in [1.54, 1.807) is 52.0 Å². The number of nitrogens with zero attached hydrogens (tertiary/aromatic N) is 1. The van der Waals surface area contributed by atoms with Gasteiger partial charge in [-0.2, -0.15) is 0 Å². The van der Waals surface area contributed by atoms with E-state index in [2.05, 4.69) is 19.8 Å². The minimum atomic E-state index is -4.17. The molecule has 3 aromatic rings. The van der Waals surface area contributed by atoms with Crippen LogP contribution in [0.2, 0.25) is 0 Å². The van der Waals surface area contributed by atoms with Crippen molar-refractivity contribution in [2.75, 3.05) is 11.3 Å². The van der Waals surface area contributed by atoms with Gasteiger partial charge in [-0.3, -0.25) is 14.8 Å². The Morgan fingerprint density at radius 2 is 1.55 bits per heavy atom. The van der Waals surface area contributed by atoms with Gasteiger partial charge in [0.1, 0.15) is 5.60 Å². The van der Waals surface area contributed by atoms with E-state index >= 15 is 0 Å². The molecule has 1 atom stereocenters. The molecule has 3 rings (SSSR count). The molecule has 44 heavy (non-hydrogen) atoms. The van der Waals surface area contributed by atoms with E-state index in [4.69, 9.17) is 15.2 Å². The molecule has 5 N–H and O–H groups in total. The number of nitrogens with two attached hydrogens (primary N) is 1. The van der Waals surface area contributed by atoms with Gasteiger partial charge < -0.3 is 15.2 Å². The van der Waals surface area contributed by atoms with Crippen LogP contribution in [0.5, 0.6) is 0 Å². The Bertz CT molecular complexity index is 1720. The fraction of sp³-hybridized carbons (Fsp3) is 0.276. The number of carbonyl (C=O) groups is 2. The van der Waals surface area contributed by atoms with Crippen LogP contribution in [0, 0.1) is 0 Å². The van der Waals surface area contributed by atoms with Crippen LogP contribution in [0.4, 0.5) is 16.2 Å². The third-order valence-electron chi connectivity index (χ3n) is 5.57. The maximum atomic E-state index is 13.3. The SMILES string of the molecule is CCOC(=O)CC(NS(=O)(=O)c1ccccc1)c1cccc(NS(=O)(=O)c2cccc(N=C(N)NC(=O)OC(C)(C)C)c2)c1. The summed E-state index contributed by atoms with van der Waals surface area (Å²) < 4.78 is 67.8. The Labute approximate surface area is 257 Å². The van der Waals surface area contributed by atoms with Gasteiger partial charge in [0.2, 0.25) is 16.0 Å². The fourth-order valence-electron chi connectivity index (χ4n) is 3.80. The molecule has 3 aromatic carbocycles. The van der Waals surface area contributed by atoms with E-state index in [0.717, 1.165) is 0 Å². The number of rotatable bonds is 11. The van der Waals surface area contributed by atoms with E-state index in [0.29, 0.717) is 5.56 Å². The van der Waals surface area contributed by atoms with Crippen molar-refractivity contribution < 1.29 is 35.9 Å². The Kier molecular flexibility index (Phi) is 11.1. The number of nitrogens with one attached hydrogen (secondary N) is 3. The number of carbonyl (C=O) groups excluding carboxylic acids is 2. The molecule has 0 aliphatic heterocycles. The molecule has 13 nitrogen and oxygen atoms in total. The Morgan fingerprint density at radius 1 is 0.886 bits per heavy atom. The lowest BCUT2D eigenvalue weighted by molar-refractivity contribution is -0.143. The molecule has 0 saturated heterocycles. The van der Waals surface area contributed by atoms with Crippen molar-refractivity contribution in [2.45, 2.75) is 55.5 Å². The van der Waals surface area contributed by atoms with Gasteiger partial charge in [0.15, 0.2) is 0 Å². The molecule has 0 aromatic heterocycles. The zero-order chi connectivity index (χ0) is 32.5. The smallest absolute Gasteiger partial charge is 0.414 e. The third-order valence-corrected chi connectivity index (χ3v) is 8.44. The van der Waals surface area contributed by atoms with Gasteiger partial charge in [-0.15, -0.1) is 0 Å². The number of sulfonamides is 2. The zero-order valence-corrected chi connectivity index (χ0v) is 26.2. The second-order valence-electron chi connectivity index (χ2n) is 10.3. The molecule has 15 heteroatoms. The second kappa shape index (κ2) is 14.3. The second-order valence-corrected chi connectivity index (χ2v) is 13.7. The molecule has 0 fully saturated rings. The Balaban J connectivity index is 1.85. The average molecular weight is 646 g/mol. The van der Waals surface area contributed by atoms with E-state index in [1.807, 2.05) is 0 Å². The normalized spacial score (nSPS) is 13.0. The van der Waals surface area contributed by atoms with Crippen LogP contribution >= 0.6 is 0 Å². The molecule has 0 aliphatic carbocycles. The van der Waals surface area contributed by atoms with Gasteiger partial charge >= 0.3 is 12.1 Å². The Hall–Kier alpha value is -4.47. The summed E-state index contributed by atoms with van der Waals surface area (Å²) >= 11 is 0. The summed E-state index contributed by atoms with van der Waals surface area (Å²) in [5, 5.41) is 2.27. The number of alkyl carbamates (subject to hydrolysis) is 1. The molecular formula is C29H35N5O8S2. The zero-order valence-electron chi connectivity index (χ0n) is 24.6. The number of esters is 1. The van der Waals surface area contributed by atoms with E-state index < -0.39 is 43.8 Å². The molecular weight excluding hydrogens is 610 g/mol. The van der Waals surface area contributed by atoms with Crippen LogP contribution in [0.25, 0.3) is 0 Å². The highest BCUT2D eigenvalue weighted by Gasteiger charge is 2.25. The van der Waals surface area contributed by atoms with Gasteiger partial charge in [0, 0.05) is 5.69 Å². The van der Waals surface area contributed by atoms with Crippen molar-refractivity contribution >= 4 is 49.4 Å². The quantitative estimate of drug-likeness (QED) is 0.136. The molecule has 0 aliphatic rings. The number of hydrogen-bond donors (Lipinski definition) is 4. The molecule has 236 valence electrons. The lowest BCUT2D eigenvalue weighted by Crippen LogP contribution is -2.40. The summed E-state index contributed by atoms with van der Waals surface area (Å²) in [6.07, 6.45) is -1.16. The van der Waals surface area contributed by atoms with Gasteiger partial charge in [0.05, 0.1) is 34.5 Å². The summed E-state index contributed by atoms with van der Waals surface area (Å²) in [7, 11) is -8.22. The number of hydrogen-bond acceptors (Lipinski definition) is 9. The van der Waals surface area contributed by atoms with Crippen molar-refractivity contribution in [3.05, 3.63) is 84.4 Å². The van der Waals surface area contributed by atoms with Crippen LogP contribution < -0.4 is 20.5 Å². The minimum absolute atomic E-state index is 0.00446. The number of benzene rings is 3. The first-order valence-corrected chi connectivity index (χ1v) is 16.3. The molecule has 1 unspecified atom stereocenters. The predicted molar refractivity (Wildman–Crippen MR) is 165 cm³/mol. The molecule has 0 radical (unpaired) electrons. The third kappa shape index (κ3) is 10.4. The van der Waals surface area contributed by atoms with Crippen molar-refractivity contribution in [2.24, 2.45) is 10.7 Å². The fourth-order valence-corrected chi connectivity index (χ4v) is 6.13. The van der Waals surface area contributed by atoms with Crippen LogP contribution in [0.1, 0.15) is 45.7 Å². The summed E-state index contributed by atoms with van der Waals surface area (Å²) in [5.41, 5.74) is 5.58. The van der Waals surface area contributed by atoms with Crippen LogP contribution in [0.15, 0.2) is 93.6 Å². The lowest BCUT2D eigenvalue weighted by atomic mass is 10.0. The van der Waals surface area contributed by atoms with E-state index in [-0.39, 0.29) is 40.2 Å². The lowest BCUT2D eigenvalue weighted by Gasteiger charge is -2.20. The maximum absolute atomic E-state index is 13.3. The first-order chi connectivity index (χ1) is 20.6. The largest absolute Gasteiger partial charge is 0.466 e. The van der Waals surface area contributed by atoms with Crippen molar-refractivity contribution in [3.8, 4) is 0 Å². The van der Waals surface area contributed by atoms with Crippen molar-refractivity contribution in [3.63, 3.8) is 0 Å². The maximum Gasteiger partial charge on any atom is 0.414 e. The summed E-state index contributed by atoms with van der Waals surface area (Å²) in [6, 6.07) is 18.0. The topological polar surface area (TPSA) is 195 Å². The van der Waals surface area contributed by atoms with Crippen LogP contribution in [-0.4, -0.2) is 47.1 Å². The summed E-state index contributed by atoms with van der Waals surface area (Å²) in [4.78, 5) is 28.2. The predicted octanol–water partition coefficient (Wildman–Crippen LogP) is 3.93. The van der Waals surface area contributed by atoms with Gasteiger partial charge in [-0.05, 0) is 75.7 Å². The first kappa shape index (κ1) is 34.0. The van der Waals surface area contributed by atoms with Crippen LogP contribution in [0.3, 0.4) is 0 Å². The number of ether oxygens (including phenoxy) is 2. The highest BCUT2D eigenvalue weighted by molar-refractivity contribution is 7.92. The van der Waals surface area contributed by atoms with E-state index in [9.17, 15) is 26.4 Å². The van der Waals surface area contributed by atoms with Gasteiger partial charge in [-0.1, -0.05) is 36.4 Å². The van der Waals surface area contributed by atoms with Crippen molar-refractivity contribution in [1.82, 2.24) is 10.0 Å². The molecule has 1 amide bonds. The highest BCUT2D eigenvalue weighted by atomic mass is 32.2. The van der Waals surface area contributed by atoms with E-state index in [1.165, 1.54) is 54.6 Å². The highest BCUT2D eigenvalue weighted by Crippen LogP contribution is 2.26. The molecule has 0 bridgehead atoms. The molecule has 0 spiro atoms. The average Bonchev–Trinajstić information content (AvgIpc) is 2.92. The van der Waals surface area contributed by atoms with Crippen molar-refractivity contribution in [1.29, 1.82) is 0 Å². The summed E-state index contributed by atoms with van der Waals surface area (Å²) in [5.74, 6) is -0.947. The first-order valence-electron chi connectivity index (χ1n) is 13.4. The number of amides is 1. The number of aliphatic imine (C=N–C) groups is 1. The standard InChI is InChI=1S/C29H35N5O8S2/c1-5-41-26(35)19-25(34-43(37,38)23-14-7-6-8-15-23)20-11-9-13-22(17-20)33-44(39,40)24-16-10-12-21(18-24)31-27(30)32-28(36)42-29(2,3)4/h6-18,25,33-34H,5,19H2,1-4H3,(H3,30,31,32,36). The minimum Gasteiger partial charge on any atom is -0.466 e. The number of guanidine groups is 1. The molecule has 0 saturated carbocycles. The molecule has 0 heterocycles. The summed E-state index contributed by atoms with van der Waals surface area (Å²) in [6.45, 7) is 6.77. The van der Waals surface area contributed by atoms with Gasteiger partial charge in [0.25, 0.3) is 10.0 Å². The number of anilines is 1. The van der Waals surface area contributed by atoms with Crippen LogP contribution in [-0.2, 0) is 34.3 Å². The van der Waals surface area contributed by atoms with Gasteiger partial charge in [-0.25, -0.2) is 31.3 Å². The monoisotopic (exact) mass is 645 g/mol.